The zero-order valence-corrected chi connectivity index (χ0v) is 12.9. The van der Waals surface area contributed by atoms with Gasteiger partial charge in [-0.05, 0) is 5.92 Å². The quantitative estimate of drug-likeness (QED) is 0.502. The molecule has 1 fully saturated rings. The third-order valence-electron chi connectivity index (χ3n) is 4.67. The number of hydrogen-bond acceptors (Lipinski definition) is 0. The molecular weight excluding hydrogens is 216 g/mol. The molecule has 0 amide bonds. The van der Waals surface area contributed by atoms with E-state index in [0.717, 1.165) is 5.92 Å². The molecule has 1 aliphatic carbocycles. The predicted molar refractivity (Wildman–Crippen MR) is 83.0 cm³/mol. The van der Waals surface area contributed by atoms with Gasteiger partial charge in [-0.1, -0.05) is 110 Å². The molecule has 0 saturated heterocycles. The van der Waals surface area contributed by atoms with Crippen LogP contribution in [0, 0.1) is 5.92 Å². The fourth-order valence-electron chi connectivity index (χ4n) is 3.48. The fourth-order valence-corrected chi connectivity index (χ4v) is 3.48. The summed E-state index contributed by atoms with van der Waals surface area (Å²) in [4.78, 5) is 0. The van der Waals surface area contributed by atoms with E-state index in [1.807, 2.05) is 0 Å². The second kappa shape index (κ2) is 12.1. The Bertz CT molecular complexity index is 145. The summed E-state index contributed by atoms with van der Waals surface area (Å²) >= 11 is 0. The van der Waals surface area contributed by atoms with Crippen LogP contribution >= 0.6 is 0 Å². The fraction of sp³-hybridized carbons (Fsp3) is 1.00. The molecule has 0 unspecified atom stereocenters. The lowest BCUT2D eigenvalue weighted by atomic mass is 9.91. The molecule has 0 atom stereocenters. The first-order valence-electron chi connectivity index (χ1n) is 8.93. The first kappa shape index (κ1) is 16.1. The topological polar surface area (TPSA) is 0 Å². The van der Waals surface area contributed by atoms with Gasteiger partial charge in [-0.15, -0.1) is 0 Å². The summed E-state index contributed by atoms with van der Waals surface area (Å²) in [6.07, 6.45) is 23.9. The molecule has 1 rings (SSSR count). The molecule has 1 aliphatic rings. The lowest BCUT2D eigenvalue weighted by Crippen LogP contribution is -2.00. The van der Waals surface area contributed by atoms with Crippen molar-refractivity contribution in [2.24, 2.45) is 5.92 Å². The normalized spacial score (nSPS) is 23.2. The summed E-state index contributed by atoms with van der Waals surface area (Å²) < 4.78 is 0. The molecule has 0 nitrogen and oxygen atoms in total. The highest BCUT2D eigenvalue weighted by molar-refractivity contribution is 4.61. The second-order valence-corrected chi connectivity index (χ2v) is 6.47. The summed E-state index contributed by atoms with van der Waals surface area (Å²) in [5.74, 6) is 1.06. The molecule has 1 saturated carbocycles. The summed E-state index contributed by atoms with van der Waals surface area (Å²) in [6, 6.07) is 0. The van der Waals surface area contributed by atoms with Crippen LogP contribution in [-0.4, -0.2) is 0 Å². The minimum atomic E-state index is 1.06. The lowest BCUT2D eigenvalue weighted by Gasteiger charge is -2.15. The molecule has 0 heteroatoms. The van der Waals surface area contributed by atoms with Crippen LogP contribution in [0.5, 0.6) is 0 Å². The first-order chi connectivity index (χ1) is 8.93. The zero-order chi connectivity index (χ0) is 12.9. The Labute approximate surface area is 116 Å². The smallest absolute Gasteiger partial charge is 0.0414 e. The summed E-state index contributed by atoms with van der Waals surface area (Å²) in [5, 5.41) is 0. The minimum absolute atomic E-state index is 1.06. The molecule has 0 heterocycles. The van der Waals surface area contributed by atoms with Crippen molar-refractivity contribution >= 4 is 0 Å². The maximum Gasteiger partial charge on any atom is -0.0414 e. The van der Waals surface area contributed by atoms with E-state index in [1.54, 1.807) is 0 Å². The van der Waals surface area contributed by atoms with Crippen molar-refractivity contribution in [2.45, 2.75) is 110 Å². The Kier molecular flexibility index (Phi) is 10.8. The Hall–Kier alpha value is 0. The van der Waals surface area contributed by atoms with Crippen LogP contribution in [0.3, 0.4) is 0 Å². The minimum Gasteiger partial charge on any atom is -0.0654 e. The van der Waals surface area contributed by atoms with Crippen LogP contribution in [0.15, 0.2) is 0 Å². The van der Waals surface area contributed by atoms with Gasteiger partial charge in [0.05, 0.1) is 0 Å². The summed E-state index contributed by atoms with van der Waals surface area (Å²) in [6.45, 7) is 2.36. The SMILES string of the molecule is CCCC1CCCCCCCCCCCCCC1. The van der Waals surface area contributed by atoms with Crippen molar-refractivity contribution in [3.8, 4) is 0 Å². The molecule has 0 aliphatic heterocycles. The third-order valence-corrected chi connectivity index (χ3v) is 4.67. The van der Waals surface area contributed by atoms with Gasteiger partial charge in [-0.2, -0.15) is 0 Å². The molecule has 0 radical (unpaired) electrons. The van der Waals surface area contributed by atoms with Crippen LogP contribution in [0.25, 0.3) is 0 Å². The van der Waals surface area contributed by atoms with E-state index >= 15 is 0 Å². The number of rotatable bonds is 2. The average Bonchev–Trinajstić information content (AvgIpc) is 2.39. The van der Waals surface area contributed by atoms with Crippen LogP contribution in [-0.2, 0) is 0 Å². The van der Waals surface area contributed by atoms with E-state index in [9.17, 15) is 0 Å². The first-order valence-corrected chi connectivity index (χ1v) is 8.93. The van der Waals surface area contributed by atoms with Crippen LogP contribution in [0.2, 0.25) is 0 Å². The van der Waals surface area contributed by atoms with Gasteiger partial charge in [0.1, 0.15) is 0 Å². The van der Waals surface area contributed by atoms with Crippen molar-refractivity contribution in [3.05, 3.63) is 0 Å². The Balaban J connectivity index is 2.20. The van der Waals surface area contributed by atoms with Crippen molar-refractivity contribution in [2.75, 3.05) is 0 Å². The van der Waals surface area contributed by atoms with Gasteiger partial charge in [0.2, 0.25) is 0 Å². The summed E-state index contributed by atoms with van der Waals surface area (Å²) in [7, 11) is 0. The van der Waals surface area contributed by atoms with Crippen LogP contribution < -0.4 is 0 Å². The van der Waals surface area contributed by atoms with Gasteiger partial charge in [-0.3, -0.25) is 0 Å². The highest BCUT2D eigenvalue weighted by Gasteiger charge is 2.07. The molecule has 0 aromatic carbocycles. The van der Waals surface area contributed by atoms with E-state index in [0.29, 0.717) is 0 Å². The predicted octanol–water partition coefficient (Wildman–Crippen LogP) is 6.88. The van der Waals surface area contributed by atoms with Crippen molar-refractivity contribution in [1.29, 1.82) is 0 Å². The standard InChI is InChI=1S/C18H36/c1-2-15-18-16-13-11-9-7-5-3-4-6-8-10-12-14-17-18/h18H,2-17H2,1H3. The Morgan fingerprint density at radius 2 is 0.889 bits per heavy atom. The number of hydrogen-bond donors (Lipinski definition) is 0. The van der Waals surface area contributed by atoms with Gasteiger partial charge in [-0.25, -0.2) is 0 Å². The molecule has 0 spiro atoms. The van der Waals surface area contributed by atoms with E-state index < -0.39 is 0 Å². The van der Waals surface area contributed by atoms with E-state index in [1.165, 1.54) is 103 Å². The van der Waals surface area contributed by atoms with E-state index in [-0.39, 0.29) is 0 Å². The monoisotopic (exact) mass is 252 g/mol. The highest BCUT2D eigenvalue weighted by atomic mass is 14.1. The van der Waals surface area contributed by atoms with Crippen molar-refractivity contribution in [1.82, 2.24) is 0 Å². The molecule has 18 heavy (non-hydrogen) atoms. The summed E-state index contributed by atoms with van der Waals surface area (Å²) in [5.41, 5.74) is 0. The highest BCUT2D eigenvalue weighted by Crippen LogP contribution is 2.23. The molecule has 108 valence electrons. The average molecular weight is 252 g/mol. The van der Waals surface area contributed by atoms with E-state index in [4.69, 9.17) is 0 Å². The lowest BCUT2D eigenvalue weighted by molar-refractivity contribution is 0.378. The molecule has 0 aromatic heterocycles. The molecule has 0 N–H and O–H groups in total. The van der Waals surface area contributed by atoms with Crippen molar-refractivity contribution in [3.63, 3.8) is 0 Å². The second-order valence-electron chi connectivity index (χ2n) is 6.47. The van der Waals surface area contributed by atoms with Gasteiger partial charge in [0, 0.05) is 0 Å². The van der Waals surface area contributed by atoms with Crippen molar-refractivity contribution < 1.29 is 0 Å². The Morgan fingerprint density at radius 3 is 1.22 bits per heavy atom. The third kappa shape index (κ3) is 9.00. The van der Waals surface area contributed by atoms with Crippen LogP contribution in [0.4, 0.5) is 0 Å². The maximum atomic E-state index is 2.36. The van der Waals surface area contributed by atoms with Gasteiger partial charge in [0.15, 0.2) is 0 Å². The molecule has 0 bridgehead atoms. The Morgan fingerprint density at radius 1 is 0.556 bits per heavy atom. The molecule has 0 aromatic rings. The maximum absolute atomic E-state index is 2.36. The van der Waals surface area contributed by atoms with Gasteiger partial charge < -0.3 is 0 Å². The molecular formula is C18H36. The van der Waals surface area contributed by atoms with Gasteiger partial charge >= 0.3 is 0 Å². The zero-order valence-electron chi connectivity index (χ0n) is 12.9. The van der Waals surface area contributed by atoms with Gasteiger partial charge in [0.25, 0.3) is 0 Å². The van der Waals surface area contributed by atoms with E-state index in [2.05, 4.69) is 6.92 Å². The van der Waals surface area contributed by atoms with Crippen LogP contribution in [0.1, 0.15) is 110 Å². The largest absolute Gasteiger partial charge is 0.0654 e.